The van der Waals surface area contributed by atoms with Gasteiger partial charge in [0.25, 0.3) is 0 Å². The normalized spacial score (nSPS) is 26.4. The molecule has 0 bridgehead atoms. The quantitative estimate of drug-likeness (QED) is 0.704. The van der Waals surface area contributed by atoms with Crippen LogP contribution in [0.2, 0.25) is 5.02 Å². The zero-order valence-corrected chi connectivity index (χ0v) is 17.6. The van der Waals surface area contributed by atoms with Gasteiger partial charge in [0.15, 0.2) is 0 Å². The van der Waals surface area contributed by atoms with Gasteiger partial charge in [0.1, 0.15) is 11.9 Å². The van der Waals surface area contributed by atoms with Crippen molar-refractivity contribution in [2.24, 2.45) is 5.92 Å². The highest BCUT2D eigenvalue weighted by Gasteiger charge is 2.45. The van der Waals surface area contributed by atoms with E-state index in [0.29, 0.717) is 26.1 Å². The molecule has 0 spiro atoms. The lowest BCUT2D eigenvalue weighted by Crippen LogP contribution is -2.62. The van der Waals surface area contributed by atoms with E-state index >= 15 is 0 Å². The smallest absolute Gasteiger partial charge is 0.242 e. The Morgan fingerprint density at radius 1 is 1.27 bits per heavy atom. The van der Waals surface area contributed by atoms with E-state index in [-0.39, 0.29) is 47.3 Å². The maximum atomic E-state index is 13.5. The van der Waals surface area contributed by atoms with E-state index in [1.165, 1.54) is 13.0 Å². The number of piperazine rings is 1. The lowest BCUT2D eigenvalue weighted by molar-refractivity contribution is -0.144. The van der Waals surface area contributed by atoms with Crippen LogP contribution >= 0.6 is 11.6 Å². The highest BCUT2D eigenvalue weighted by molar-refractivity contribution is 6.30. The molecule has 9 heteroatoms. The summed E-state index contributed by atoms with van der Waals surface area (Å²) in [6, 6.07) is 3.96. The Hall–Kier alpha value is -2.19. The molecule has 3 fully saturated rings. The second kappa shape index (κ2) is 8.51. The van der Waals surface area contributed by atoms with Crippen molar-refractivity contribution in [1.29, 1.82) is 0 Å². The van der Waals surface area contributed by atoms with E-state index in [1.807, 2.05) is 9.80 Å². The summed E-state index contributed by atoms with van der Waals surface area (Å²) >= 11 is 5.93. The number of nitrogens with one attached hydrogen (secondary N) is 2. The minimum absolute atomic E-state index is 0.00718. The summed E-state index contributed by atoms with van der Waals surface area (Å²) < 4.78 is 13.5. The van der Waals surface area contributed by atoms with Crippen molar-refractivity contribution >= 4 is 29.3 Å². The first-order chi connectivity index (χ1) is 14.3. The molecule has 1 aromatic carbocycles. The van der Waals surface area contributed by atoms with Crippen molar-refractivity contribution in [2.75, 3.05) is 19.6 Å². The van der Waals surface area contributed by atoms with Crippen molar-refractivity contribution in [3.8, 4) is 0 Å². The Balaban J connectivity index is 1.51. The second-order valence-electron chi connectivity index (χ2n) is 8.49. The summed E-state index contributed by atoms with van der Waals surface area (Å²) in [6.45, 7) is 3.22. The van der Waals surface area contributed by atoms with Crippen LogP contribution in [0.15, 0.2) is 18.2 Å². The third-order valence-corrected chi connectivity index (χ3v) is 6.35. The van der Waals surface area contributed by atoms with Crippen LogP contribution in [-0.4, -0.2) is 65.3 Å². The van der Waals surface area contributed by atoms with Gasteiger partial charge in [0.05, 0.1) is 5.02 Å². The number of amides is 3. The molecule has 2 aliphatic heterocycles. The Morgan fingerprint density at radius 3 is 2.70 bits per heavy atom. The number of hydrogen-bond donors (Lipinski definition) is 2. The average Bonchev–Trinajstić information content (AvgIpc) is 3.45. The van der Waals surface area contributed by atoms with Crippen molar-refractivity contribution in [2.45, 2.75) is 50.9 Å². The zero-order chi connectivity index (χ0) is 21.4. The largest absolute Gasteiger partial charge is 0.354 e. The van der Waals surface area contributed by atoms with E-state index in [9.17, 15) is 18.8 Å². The molecule has 3 amide bonds. The average molecular weight is 437 g/mol. The Labute approximate surface area is 179 Å². The van der Waals surface area contributed by atoms with Crippen LogP contribution in [0.5, 0.6) is 0 Å². The molecule has 162 valence electrons. The molecule has 0 radical (unpaired) electrons. The van der Waals surface area contributed by atoms with Crippen LogP contribution in [0.4, 0.5) is 4.39 Å². The monoisotopic (exact) mass is 436 g/mol. The summed E-state index contributed by atoms with van der Waals surface area (Å²) in [5.74, 6) is -0.589. The third-order valence-electron chi connectivity index (χ3n) is 6.06. The predicted octanol–water partition coefficient (Wildman–Crippen LogP) is 1.30. The molecule has 1 aromatic rings. The molecule has 30 heavy (non-hydrogen) atoms. The van der Waals surface area contributed by atoms with Crippen LogP contribution in [0.3, 0.4) is 0 Å². The first-order valence-electron chi connectivity index (χ1n) is 10.3. The molecule has 4 rings (SSSR count). The zero-order valence-electron chi connectivity index (χ0n) is 16.9. The van der Waals surface area contributed by atoms with Gasteiger partial charge in [-0.25, -0.2) is 4.39 Å². The second-order valence-corrected chi connectivity index (χ2v) is 8.90. The van der Waals surface area contributed by atoms with Crippen molar-refractivity contribution in [1.82, 2.24) is 20.4 Å². The molecular weight excluding hydrogens is 411 g/mol. The Morgan fingerprint density at radius 2 is 2.03 bits per heavy atom. The number of carbonyl (C=O) groups is 3. The summed E-state index contributed by atoms with van der Waals surface area (Å²) in [5.41, 5.74) is 0.803. The minimum Gasteiger partial charge on any atom is -0.354 e. The van der Waals surface area contributed by atoms with E-state index in [1.54, 1.807) is 12.1 Å². The van der Waals surface area contributed by atoms with Gasteiger partial charge in [-0.05, 0) is 37.0 Å². The molecule has 1 aliphatic carbocycles. The molecule has 0 aromatic heterocycles. The molecule has 2 saturated heterocycles. The molecular formula is C21H26ClFN4O3. The fourth-order valence-corrected chi connectivity index (χ4v) is 4.65. The summed E-state index contributed by atoms with van der Waals surface area (Å²) in [5, 5.41) is 5.87. The maximum absolute atomic E-state index is 13.5. The Kier molecular flexibility index (Phi) is 5.97. The number of fused-ring (bicyclic) bond motifs is 1. The van der Waals surface area contributed by atoms with E-state index < -0.39 is 11.9 Å². The van der Waals surface area contributed by atoms with Crippen molar-refractivity contribution < 1.29 is 18.8 Å². The summed E-state index contributed by atoms with van der Waals surface area (Å²) in [4.78, 5) is 40.7. The molecule has 1 saturated carbocycles. The Bertz CT molecular complexity index is 863. The van der Waals surface area contributed by atoms with Gasteiger partial charge in [-0.15, -0.1) is 0 Å². The lowest BCUT2D eigenvalue weighted by atomic mass is 10.0. The number of rotatable bonds is 6. The first-order valence-corrected chi connectivity index (χ1v) is 10.7. The molecule has 7 nitrogen and oxygen atoms in total. The fourth-order valence-electron chi connectivity index (χ4n) is 4.45. The van der Waals surface area contributed by atoms with Gasteiger partial charge in [-0.3, -0.25) is 19.3 Å². The molecule has 3 atom stereocenters. The van der Waals surface area contributed by atoms with Crippen molar-refractivity contribution in [3.05, 3.63) is 34.6 Å². The van der Waals surface area contributed by atoms with Crippen LogP contribution in [0, 0.1) is 11.7 Å². The van der Waals surface area contributed by atoms with Crippen LogP contribution < -0.4 is 10.6 Å². The van der Waals surface area contributed by atoms with Gasteiger partial charge in [-0.1, -0.05) is 17.7 Å². The minimum atomic E-state index is -0.510. The lowest BCUT2D eigenvalue weighted by Gasteiger charge is -2.42. The van der Waals surface area contributed by atoms with Gasteiger partial charge >= 0.3 is 0 Å². The van der Waals surface area contributed by atoms with E-state index in [4.69, 9.17) is 11.6 Å². The van der Waals surface area contributed by atoms with E-state index in [2.05, 4.69) is 10.6 Å². The van der Waals surface area contributed by atoms with Gasteiger partial charge < -0.3 is 15.5 Å². The first kappa shape index (κ1) is 21.1. The SMILES string of the molecule is CC(=O)N[C@H]1C[C@H]2CN(Cc3ccc(F)c(Cl)c3)[C@@H](CNC(=O)C3CC3)C(=O)N2C1. The highest BCUT2D eigenvalue weighted by atomic mass is 35.5. The number of halogens is 2. The third kappa shape index (κ3) is 4.59. The van der Waals surface area contributed by atoms with E-state index in [0.717, 1.165) is 18.4 Å². The highest BCUT2D eigenvalue weighted by Crippen LogP contribution is 2.30. The number of hydrogen-bond acceptors (Lipinski definition) is 4. The molecule has 3 aliphatic rings. The topological polar surface area (TPSA) is 81.8 Å². The number of carbonyl (C=O) groups excluding carboxylic acids is 3. The molecule has 0 unspecified atom stereocenters. The molecule has 2 heterocycles. The summed E-state index contributed by atoms with van der Waals surface area (Å²) in [6.07, 6.45) is 2.48. The standard InChI is InChI=1S/C21H26ClFN4O3/c1-12(28)25-15-7-16-11-26(9-13-2-5-18(23)17(22)6-13)19(21(30)27(16)10-15)8-24-20(29)14-3-4-14/h2,5-6,14-16,19H,3-4,7-11H2,1H3,(H,24,29)(H,25,28)/t15-,16-,19-/m0/s1. The fraction of sp³-hybridized carbons (Fsp3) is 0.571. The number of nitrogens with zero attached hydrogens (tertiary/aromatic N) is 2. The van der Waals surface area contributed by atoms with Crippen LogP contribution in [0.1, 0.15) is 31.7 Å². The predicted molar refractivity (Wildman–Crippen MR) is 109 cm³/mol. The van der Waals surface area contributed by atoms with Crippen LogP contribution in [-0.2, 0) is 20.9 Å². The van der Waals surface area contributed by atoms with Gasteiger partial charge in [-0.2, -0.15) is 0 Å². The summed E-state index contributed by atoms with van der Waals surface area (Å²) in [7, 11) is 0. The van der Waals surface area contributed by atoms with Gasteiger partial charge in [0, 0.05) is 51.1 Å². The van der Waals surface area contributed by atoms with Crippen LogP contribution in [0.25, 0.3) is 0 Å². The molecule has 2 N–H and O–H groups in total. The van der Waals surface area contributed by atoms with Gasteiger partial charge in [0.2, 0.25) is 17.7 Å². The van der Waals surface area contributed by atoms with Crippen molar-refractivity contribution in [3.63, 3.8) is 0 Å². The number of benzene rings is 1. The maximum Gasteiger partial charge on any atom is 0.242 e.